The number of halogens is 1. The highest BCUT2D eigenvalue weighted by Gasteiger charge is 2.52. The Balaban J connectivity index is 1.56. The first-order chi connectivity index (χ1) is 11.9. The molecule has 1 saturated heterocycles. The molecular formula is C17H17ClN2O5. The molecule has 1 heterocycles. The molecule has 2 aliphatic rings. The van der Waals surface area contributed by atoms with Crippen molar-refractivity contribution in [2.75, 3.05) is 13.2 Å². The Labute approximate surface area is 149 Å². The molecule has 1 saturated carbocycles. The summed E-state index contributed by atoms with van der Waals surface area (Å²) in [6, 6.07) is 5.82. The lowest BCUT2D eigenvalue weighted by atomic mass is 9.98. The fourth-order valence-electron chi connectivity index (χ4n) is 3.22. The van der Waals surface area contributed by atoms with Crippen molar-refractivity contribution in [2.24, 2.45) is 0 Å². The van der Waals surface area contributed by atoms with Crippen molar-refractivity contribution in [3.05, 3.63) is 34.9 Å². The van der Waals surface area contributed by atoms with Crippen LogP contribution in [0.4, 0.5) is 4.79 Å². The Kier molecular flexibility index (Phi) is 4.76. The summed E-state index contributed by atoms with van der Waals surface area (Å²) in [6.45, 7) is -1.01. The first-order valence-corrected chi connectivity index (χ1v) is 8.38. The van der Waals surface area contributed by atoms with Crippen molar-refractivity contribution in [1.82, 2.24) is 10.2 Å². The van der Waals surface area contributed by atoms with Gasteiger partial charge in [-0.25, -0.2) is 4.79 Å². The summed E-state index contributed by atoms with van der Waals surface area (Å²) in [7, 11) is 0. The molecule has 1 aliphatic carbocycles. The molecule has 1 aromatic rings. The smallest absolute Gasteiger partial charge is 0.326 e. The largest absolute Gasteiger partial charge is 0.456 e. The molecular weight excluding hydrogens is 348 g/mol. The van der Waals surface area contributed by atoms with E-state index in [0.717, 1.165) is 17.7 Å². The molecule has 1 spiro atoms. The lowest BCUT2D eigenvalue weighted by molar-refractivity contribution is -0.146. The summed E-state index contributed by atoms with van der Waals surface area (Å²) in [4.78, 5) is 49.2. The number of hydrogen-bond donors (Lipinski definition) is 1. The average Bonchev–Trinajstić information content (AvgIpc) is 3.14. The minimum atomic E-state index is -0.870. The van der Waals surface area contributed by atoms with E-state index in [4.69, 9.17) is 16.3 Å². The minimum Gasteiger partial charge on any atom is -0.456 e. The van der Waals surface area contributed by atoms with Gasteiger partial charge in [-0.2, -0.15) is 0 Å². The molecule has 0 atom stereocenters. The number of carbonyl (C=O) groups is 4. The van der Waals surface area contributed by atoms with E-state index in [1.54, 1.807) is 18.2 Å². The van der Waals surface area contributed by atoms with Gasteiger partial charge in [-0.1, -0.05) is 36.6 Å². The highest BCUT2D eigenvalue weighted by atomic mass is 35.5. The van der Waals surface area contributed by atoms with E-state index in [9.17, 15) is 19.2 Å². The molecule has 0 aromatic heterocycles. The molecule has 1 N–H and O–H groups in total. The molecule has 0 bridgehead atoms. The van der Waals surface area contributed by atoms with Gasteiger partial charge in [-0.05, 0) is 25.0 Å². The molecule has 0 unspecified atom stereocenters. The summed E-state index contributed by atoms with van der Waals surface area (Å²) in [5.74, 6) is -1.67. The SMILES string of the molecule is O=C(CN1C(=O)NC2(CCCC2)C1=O)OCC(=O)c1ccccc1Cl. The number of carbonyl (C=O) groups excluding carboxylic acids is 4. The van der Waals surface area contributed by atoms with Gasteiger partial charge >= 0.3 is 12.0 Å². The van der Waals surface area contributed by atoms with Crippen LogP contribution < -0.4 is 5.32 Å². The van der Waals surface area contributed by atoms with Gasteiger partial charge in [-0.15, -0.1) is 0 Å². The summed E-state index contributed by atoms with van der Waals surface area (Å²) in [5, 5.41) is 2.94. The highest BCUT2D eigenvalue weighted by molar-refractivity contribution is 6.34. The van der Waals surface area contributed by atoms with Crippen LogP contribution in [-0.4, -0.2) is 47.3 Å². The fourth-order valence-corrected chi connectivity index (χ4v) is 3.46. The predicted octanol–water partition coefficient (Wildman–Crippen LogP) is 1.93. The summed E-state index contributed by atoms with van der Waals surface area (Å²) in [6.07, 6.45) is 2.87. The van der Waals surface area contributed by atoms with Crippen LogP contribution in [0.15, 0.2) is 24.3 Å². The first-order valence-electron chi connectivity index (χ1n) is 8.00. The van der Waals surface area contributed by atoms with E-state index in [0.29, 0.717) is 12.8 Å². The lowest BCUT2D eigenvalue weighted by Crippen LogP contribution is -2.44. The molecule has 1 aromatic carbocycles. The quantitative estimate of drug-likeness (QED) is 0.489. The Morgan fingerprint density at radius 2 is 1.88 bits per heavy atom. The van der Waals surface area contributed by atoms with Crippen LogP contribution in [0, 0.1) is 0 Å². The second kappa shape index (κ2) is 6.84. The van der Waals surface area contributed by atoms with E-state index in [2.05, 4.69) is 5.32 Å². The molecule has 8 heteroatoms. The number of Topliss-reactive ketones (excluding diaryl/α,β-unsaturated/α-hetero) is 1. The number of urea groups is 1. The van der Waals surface area contributed by atoms with Crippen LogP contribution in [0.3, 0.4) is 0 Å². The lowest BCUT2D eigenvalue weighted by Gasteiger charge is -2.19. The van der Waals surface area contributed by atoms with Gasteiger partial charge in [0.05, 0.1) is 5.02 Å². The standard InChI is InChI=1S/C17H17ClN2O5/c18-12-6-2-1-5-11(12)13(21)10-25-14(22)9-20-15(23)17(19-16(20)24)7-3-4-8-17/h1-2,5-6H,3-4,7-10H2,(H,19,24). The van der Waals surface area contributed by atoms with Crippen molar-refractivity contribution in [3.8, 4) is 0 Å². The maximum absolute atomic E-state index is 12.4. The fraction of sp³-hybridized carbons (Fsp3) is 0.412. The topological polar surface area (TPSA) is 92.8 Å². The monoisotopic (exact) mass is 364 g/mol. The molecule has 1 aliphatic heterocycles. The number of ketones is 1. The van der Waals surface area contributed by atoms with Gasteiger partial charge in [0, 0.05) is 5.56 Å². The van der Waals surface area contributed by atoms with Crippen molar-refractivity contribution < 1.29 is 23.9 Å². The van der Waals surface area contributed by atoms with Crippen molar-refractivity contribution >= 4 is 35.3 Å². The molecule has 3 amide bonds. The number of imide groups is 1. The summed E-state index contributed by atoms with van der Waals surface area (Å²) >= 11 is 5.91. The second-order valence-corrected chi connectivity index (χ2v) is 6.58. The number of amides is 3. The molecule has 132 valence electrons. The van der Waals surface area contributed by atoms with E-state index in [1.165, 1.54) is 6.07 Å². The van der Waals surface area contributed by atoms with Crippen LogP contribution in [0.25, 0.3) is 0 Å². The zero-order chi connectivity index (χ0) is 18.0. The third-order valence-corrected chi connectivity index (χ3v) is 4.86. The number of benzene rings is 1. The first kappa shape index (κ1) is 17.4. The summed E-state index contributed by atoms with van der Waals surface area (Å²) in [5.41, 5.74) is -0.623. The number of ether oxygens (including phenoxy) is 1. The molecule has 3 rings (SSSR count). The molecule has 25 heavy (non-hydrogen) atoms. The zero-order valence-electron chi connectivity index (χ0n) is 13.4. The Bertz CT molecular complexity index is 742. The molecule has 2 fully saturated rings. The van der Waals surface area contributed by atoms with E-state index in [-0.39, 0.29) is 10.6 Å². The molecule has 0 radical (unpaired) electrons. The number of hydrogen-bond acceptors (Lipinski definition) is 5. The van der Waals surface area contributed by atoms with Gasteiger partial charge in [-0.3, -0.25) is 19.3 Å². The van der Waals surface area contributed by atoms with Gasteiger partial charge in [0.1, 0.15) is 12.1 Å². The van der Waals surface area contributed by atoms with Gasteiger partial charge in [0.15, 0.2) is 6.61 Å². The maximum atomic E-state index is 12.4. The highest BCUT2D eigenvalue weighted by Crippen LogP contribution is 2.34. The number of nitrogens with zero attached hydrogens (tertiary/aromatic N) is 1. The zero-order valence-corrected chi connectivity index (χ0v) is 14.2. The van der Waals surface area contributed by atoms with E-state index >= 15 is 0 Å². The second-order valence-electron chi connectivity index (χ2n) is 6.17. The van der Waals surface area contributed by atoms with E-state index in [1.807, 2.05) is 0 Å². The Morgan fingerprint density at radius 3 is 2.56 bits per heavy atom. The third kappa shape index (κ3) is 3.37. The van der Waals surface area contributed by atoms with Crippen LogP contribution in [0.2, 0.25) is 5.02 Å². The van der Waals surface area contributed by atoms with Crippen molar-refractivity contribution in [3.63, 3.8) is 0 Å². The average molecular weight is 365 g/mol. The number of nitrogens with one attached hydrogen (secondary N) is 1. The third-order valence-electron chi connectivity index (χ3n) is 4.53. The maximum Gasteiger partial charge on any atom is 0.326 e. The van der Waals surface area contributed by atoms with Crippen LogP contribution in [0.1, 0.15) is 36.0 Å². The number of esters is 1. The number of rotatable bonds is 5. The van der Waals surface area contributed by atoms with Gasteiger partial charge in [0.25, 0.3) is 5.91 Å². The van der Waals surface area contributed by atoms with Crippen LogP contribution >= 0.6 is 11.6 Å². The van der Waals surface area contributed by atoms with Gasteiger partial charge < -0.3 is 10.1 Å². The van der Waals surface area contributed by atoms with E-state index < -0.39 is 42.4 Å². The Morgan fingerprint density at radius 1 is 1.20 bits per heavy atom. The minimum absolute atomic E-state index is 0.247. The van der Waals surface area contributed by atoms with Gasteiger partial charge in [0.2, 0.25) is 5.78 Å². The Hall–Kier alpha value is -2.41. The van der Waals surface area contributed by atoms with Crippen LogP contribution in [0.5, 0.6) is 0 Å². The predicted molar refractivity (Wildman–Crippen MR) is 88.2 cm³/mol. The van der Waals surface area contributed by atoms with Crippen LogP contribution in [-0.2, 0) is 14.3 Å². The van der Waals surface area contributed by atoms with Crippen molar-refractivity contribution in [1.29, 1.82) is 0 Å². The molecule has 7 nitrogen and oxygen atoms in total. The van der Waals surface area contributed by atoms with Crippen molar-refractivity contribution in [2.45, 2.75) is 31.2 Å². The normalized spacial score (nSPS) is 18.5. The summed E-state index contributed by atoms with van der Waals surface area (Å²) < 4.78 is 4.90.